The Kier molecular flexibility index (Phi) is 5.88. The smallest absolute Gasteiger partial charge is 0.188 e. The van der Waals surface area contributed by atoms with Crippen LogP contribution in [0.4, 0.5) is 0 Å². The Morgan fingerprint density at radius 3 is 2.83 bits per heavy atom. The second kappa shape index (κ2) is 6.95. The van der Waals surface area contributed by atoms with Crippen LogP contribution in [0.3, 0.4) is 0 Å². The molecule has 0 atom stereocenters. The first-order valence-corrected chi connectivity index (χ1v) is 6.79. The summed E-state index contributed by atoms with van der Waals surface area (Å²) in [5.41, 5.74) is 5.75. The monoisotopic (exact) mass is 256 g/mol. The minimum absolute atomic E-state index is 0.0322. The number of hydrogen-bond donors (Lipinski definition) is 2. The minimum atomic E-state index is -0.0322. The van der Waals surface area contributed by atoms with Gasteiger partial charge in [-0.1, -0.05) is 13.8 Å². The van der Waals surface area contributed by atoms with Crippen LogP contribution in [-0.2, 0) is 4.74 Å². The van der Waals surface area contributed by atoms with Gasteiger partial charge in [0.15, 0.2) is 5.96 Å². The molecule has 0 aromatic carbocycles. The molecular weight excluding hydrogens is 228 g/mol. The molecular formula is C13H28N4O. The highest BCUT2D eigenvalue weighted by molar-refractivity contribution is 5.77. The van der Waals surface area contributed by atoms with E-state index >= 15 is 0 Å². The maximum absolute atomic E-state index is 5.79. The third-order valence-electron chi connectivity index (χ3n) is 2.87. The normalized spacial score (nSPS) is 21.3. The van der Waals surface area contributed by atoms with Crippen LogP contribution in [0.25, 0.3) is 0 Å². The highest BCUT2D eigenvalue weighted by Crippen LogP contribution is 2.15. The lowest BCUT2D eigenvalue weighted by Crippen LogP contribution is -2.50. The molecule has 0 bridgehead atoms. The van der Waals surface area contributed by atoms with Crippen molar-refractivity contribution in [2.45, 2.75) is 33.3 Å². The number of ether oxygens (including phenoxy) is 1. The molecule has 3 N–H and O–H groups in total. The molecule has 5 heteroatoms. The fraction of sp³-hybridized carbons (Fsp3) is 0.923. The van der Waals surface area contributed by atoms with Gasteiger partial charge in [0.25, 0.3) is 0 Å². The summed E-state index contributed by atoms with van der Waals surface area (Å²) in [5.74, 6) is 1.10. The summed E-state index contributed by atoms with van der Waals surface area (Å²) in [6.45, 7) is 13.9. The molecule has 1 rings (SSSR count). The lowest BCUT2D eigenvalue weighted by Gasteiger charge is -2.38. The van der Waals surface area contributed by atoms with Gasteiger partial charge in [-0.15, -0.1) is 0 Å². The quantitative estimate of drug-likeness (QED) is 0.560. The fourth-order valence-corrected chi connectivity index (χ4v) is 1.98. The van der Waals surface area contributed by atoms with Gasteiger partial charge < -0.3 is 15.8 Å². The lowest BCUT2D eigenvalue weighted by atomic mass is 10.1. The average Bonchev–Trinajstić information content (AvgIpc) is 2.25. The van der Waals surface area contributed by atoms with E-state index in [1.165, 1.54) is 0 Å². The molecule has 18 heavy (non-hydrogen) atoms. The topological polar surface area (TPSA) is 62.9 Å². The van der Waals surface area contributed by atoms with Crippen LogP contribution in [-0.4, -0.2) is 55.8 Å². The van der Waals surface area contributed by atoms with Crippen molar-refractivity contribution in [2.24, 2.45) is 16.6 Å². The minimum Gasteiger partial charge on any atom is -0.373 e. The number of nitrogens with zero attached hydrogens (tertiary/aromatic N) is 2. The first kappa shape index (κ1) is 15.2. The molecule has 1 saturated heterocycles. The van der Waals surface area contributed by atoms with Crippen LogP contribution >= 0.6 is 0 Å². The van der Waals surface area contributed by atoms with E-state index in [0.29, 0.717) is 11.9 Å². The Hall–Kier alpha value is -0.810. The van der Waals surface area contributed by atoms with Crippen molar-refractivity contribution in [3.8, 4) is 0 Å². The SMILES string of the molecule is CC(C)CN=C(N)NCCN1CCOC(C)(C)C1. The molecule has 0 amide bonds. The zero-order chi connectivity index (χ0) is 13.6. The number of guanidine groups is 1. The molecule has 1 heterocycles. The zero-order valence-corrected chi connectivity index (χ0v) is 12.2. The van der Waals surface area contributed by atoms with Gasteiger partial charge in [0.05, 0.1) is 12.2 Å². The van der Waals surface area contributed by atoms with Crippen molar-refractivity contribution >= 4 is 5.96 Å². The first-order chi connectivity index (χ1) is 8.39. The lowest BCUT2D eigenvalue weighted by molar-refractivity contribution is -0.0852. The molecule has 5 nitrogen and oxygen atoms in total. The highest BCUT2D eigenvalue weighted by Gasteiger charge is 2.26. The molecule has 1 aliphatic rings. The van der Waals surface area contributed by atoms with E-state index in [-0.39, 0.29) is 5.60 Å². The number of morpholine rings is 1. The second-order valence-electron chi connectivity index (χ2n) is 5.93. The van der Waals surface area contributed by atoms with Gasteiger partial charge in [-0.05, 0) is 19.8 Å². The van der Waals surface area contributed by atoms with Gasteiger partial charge in [-0.25, -0.2) is 0 Å². The Labute approximate surface area is 111 Å². The van der Waals surface area contributed by atoms with Gasteiger partial charge in [0.1, 0.15) is 0 Å². The summed E-state index contributed by atoms with van der Waals surface area (Å²) in [7, 11) is 0. The highest BCUT2D eigenvalue weighted by atomic mass is 16.5. The van der Waals surface area contributed by atoms with Gasteiger partial charge in [-0.2, -0.15) is 0 Å². The summed E-state index contributed by atoms with van der Waals surface area (Å²) >= 11 is 0. The maximum Gasteiger partial charge on any atom is 0.188 e. The Morgan fingerprint density at radius 1 is 1.50 bits per heavy atom. The fourth-order valence-electron chi connectivity index (χ4n) is 1.98. The summed E-state index contributed by atoms with van der Waals surface area (Å²) in [4.78, 5) is 6.67. The predicted molar refractivity (Wildman–Crippen MR) is 75.8 cm³/mol. The average molecular weight is 256 g/mol. The molecule has 0 saturated carbocycles. The van der Waals surface area contributed by atoms with Crippen molar-refractivity contribution in [3.63, 3.8) is 0 Å². The molecule has 1 aliphatic heterocycles. The molecule has 0 aromatic rings. The summed E-state index contributed by atoms with van der Waals surface area (Å²) in [6, 6.07) is 0. The number of nitrogens with two attached hydrogens (primary N) is 1. The van der Waals surface area contributed by atoms with Crippen molar-refractivity contribution in [1.29, 1.82) is 0 Å². The Balaban J connectivity index is 2.19. The van der Waals surface area contributed by atoms with Crippen LogP contribution in [0, 0.1) is 5.92 Å². The van der Waals surface area contributed by atoms with Crippen LogP contribution in [0.1, 0.15) is 27.7 Å². The molecule has 0 spiro atoms. The largest absolute Gasteiger partial charge is 0.373 e. The van der Waals surface area contributed by atoms with E-state index in [4.69, 9.17) is 10.5 Å². The Morgan fingerprint density at radius 2 is 2.22 bits per heavy atom. The Bertz CT molecular complexity index is 276. The predicted octanol–water partition coefficient (Wildman–Crippen LogP) is 0.658. The molecule has 0 unspecified atom stereocenters. The zero-order valence-electron chi connectivity index (χ0n) is 12.2. The van der Waals surface area contributed by atoms with Crippen molar-refractivity contribution in [3.05, 3.63) is 0 Å². The van der Waals surface area contributed by atoms with E-state index in [1.54, 1.807) is 0 Å². The molecule has 0 aliphatic carbocycles. The molecule has 0 radical (unpaired) electrons. The van der Waals surface area contributed by atoms with Gasteiger partial charge in [-0.3, -0.25) is 9.89 Å². The summed E-state index contributed by atoms with van der Waals surface area (Å²) in [6.07, 6.45) is 0. The third-order valence-corrected chi connectivity index (χ3v) is 2.87. The van der Waals surface area contributed by atoms with E-state index < -0.39 is 0 Å². The molecule has 1 fully saturated rings. The van der Waals surface area contributed by atoms with E-state index in [1.807, 2.05) is 0 Å². The number of rotatable bonds is 5. The number of hydrogen-bond acceptors (Lipinski definition) is 3. The maximum atomic E-state index is 5.79. The van der Waals surface area contributed by atoms with E-state index in [2.05, 4.69) is 42.9 Å². The van der Waals surface area contributed by atoms with Crippen LogP contribution in [0.5, 0.6) is 0 Å². The van der Waals surface area contributed by atoms with Gasteiger partial charge in [0, 0.05) is 32.7 Å². The second-order valence-corrected chi connectivity index (χ2v) is 5.93. The summed E-state index contributed by atoms with van der Waals surface area (Å²) < 4.78 is 5.68. The van der Waals surface area contributed by atoms with E-state index in [9.17, 15) is 0 Å². The van der Waals surface area contributed by atoms with Crippen molar-refractivity contribution < 1.29 is 4.74 Å². The standard InChI is InChI=1S/C13H28N4O/c1-11(2)9-16-12(14)15-5-6-17-7-8-18-13(3,4)10-17/h11H,5-10H2,1-4H3,(H3,14,15,16). The number of nitrogens with one attached hydrogen (secondary N) is 1. The van der Waals surface area contributed by atoms with Crippen LogP contribution < -0.4 is 11.1 Å². The summed E-state index contributed by atoms with van der Waals surface area (Å²) in [5, 5.41) is 3.16. The van der Waals surface area contributed by atoms with Gasteiger partial charge in [0.2, 0.25) is 0 Å². The van der Waals surface area contributed by atoms with Crippen molar-refractivity contribution in [1.82, 2.24) is 10.2 Å². The van der Waals surface area contributed by atoms with Crippen LogP contribution in [0.15, 0.2) is 4.99 Å². The van der Waals surface area contributed by atoms with Crippen LogP contribution in [0.2, 0.25) is 0 Å². The molecule has 106 valence electrons. The van der Waals surface area contributed by atoms with E-state index in [0.717, 1.165) is 39.3 Å². The van der Waals surface area contributed by atoms with Gasteiger partial charge >= 0.3 is 0 Å². The number of aliphatic imine (C=N–C) groups is 1. The molecule has 0 aromatic heterocycles. The third kappa shape index (κ3) is 6.21. The first-order valence-electron chi connectivity index (χ1n) is 6.79. The van der Waals surface area contributed by atoms with Crippen molar-refractivity contribution in [2.75, 3.05) is 39.3 Å².